The smallest absolute Gasteiger partial charge is 0.249 e. The maximum atomic E-state index is 12.1. The number of para-hydroxylation sites is 1. The van der Waals surface area contributed by atoms with Crippen molar-refractivity contribution in [2.75, 3.05) is 26.1 Å². The van der Waals surface area contributed by atoms with Crippen LogP contribution >= 0.6 is 0 Å². The lowest BCUT2D eigenvalue weighted by molar-refractivity contribution is -0.126. The SMILES string of the molecule is CCCCCOc1c(C=NNC(=O)CC(=O)Nc2cccc(OC)c2)cccc1OC. The third-order valence-electron chi connectivity index (χ3n) is 4.29. The molecule has 2 rings (SSSR count). The number of hydrogen-bond donors (Lipinski definition) is 2. The molecule has 2 aromatic carbocycles. The molecule has 8 heteroatoms. The van der Waals surface area contributed by atoms with Gasteiger partial charge in [-0.2, -0.15) is 5.10 Å². The third-order valence-corrected chi connectivity index (χ3v) is 4.29. The second kappa shape index (κ2) is 12.9. The molecule has 0 radical (unpaired) electrons. The summed E-state index contributed by atoms with van der Waals surface area (Å²) in [7, 11) is 3.11. The molecule has 0 unspecified atom stereocenters. The van der Waals surface area contributed by atoms with Gasteiger partial charge in [0.25, 0.3) is 0 Å². The standard InChI is InChI=1S/C23H29N3O5/c1-4-5-6-13-31-23-17(9-7-12-20(23)30-3)16-24-26-22(28)15-21(27)25-18-10-8-11-19(14-18)29-2/h7-12,14,16H,4-6,13,15H2,1-3H3,(H,25,27)(H,26,28). The van der Waals surface area contributed by atoms with Gasteiger partial charge < -0.3 is 19.5 Å². The average molecular weight is 428 g/mol. The van der Waals surface area contributed by atoms with Crippen molar-refractivity contribution in [2.45, 2.75) is 32.6 Å². The van der Waals surface area contributed by atoms with Crippen molar-refractivity contribution in [3.05, 3.63) is 48.0 Å². The predicted molar refractivity (Wildman–Crippen MR) is 120 cm³/mol. The number of anilines is 1. The zero-order valence-corrected chi connectivity index (χ0v) is 18.1. The Hall–Kier alpha value is -3.55. The monoisotopic (exact) mass is 427 g/mol. The van der Waals surface area contributed by atoms with Gasteiger partial charge in [-0.05, 0) is 30.7 Å². The van der Waals surface area contributed by atoms with Crippen molar-refractivity contribution in [3.63, 3.8) is 0 Å². The Morgan fingerprint density at radius 2 is 1.84 bits per heavy atom. The molecule has 0 fully saturated rings. The maximum absolute atomic E-state index is 12.1. The summed E-state index contributed by atoms with van der Waals surface area (Å²) in [5, 5.41) is 6.59. The highest BCUT2D eigenvalue weighted by atomic mass is 16.5. The van der Waals surface area contributed by atoms with Crippen molar-refractivity contribution in [3.8, 4) is 17.2 Å². The second-order valence-electron chi connectivity index (χ2n) is 6.68. The lowest BCUT2D eigenvalue weighted by Crippen LogP contribution is -2.24. The summed E-state index contributed by atoms with van der Waals surface area (Å²) in [4.78, 5) is 24.1. The number of hydrogen-bond acceptors (Lipinski definition) is 6. The van der Waals surface area contributed by atoms with Gasteiger partial charge in [-0.1, -0.05) is 31.9 Å². The first-order valence-corrected chi connectivity index (χ1v) is 10.1. The van der Waals surface area contributed by atoms with Crippen LogP contribution < -0.4 is 25.0 Å². The molecule has 31 heavy (non-hydrogen) atoms. The molecule has 0 aliphatic carbocycles. The molecule has 0 atom stereocenters. The number of amides is 2. The van der Waals surface area contributed by atoms with Gasteiger partial charge in [0.2, 0.25) is 11.8 Å². The van der Waals surface area contributed by atoms with Crippen LogP contribution in [0, 0.1) is 0 Å². The minimum Gasteiger partial charge on any atom is -0.497 e. The van der Waals surface area contributed by atoms with E-state index in [0.29, 0.717) is 35.1 Å². The molecule has 2 aromatic rings. The van der Waals surface area contributed by atoms with Crippen LogP contribution in [0.1, 0.15) is 38.2 Å². The number of nitrogens with zero attached hydrogens (tertiary/aromatic N) is 1. The number of benzene rings is 2. The molecule has 0 spiro atoms. The van der Waals surface area contributed by atoms with E-state index in [0.717, 1.165) is 19.3 Å². The predicted octanol–water partition coefficient (Wildman–Crippen LogP) is 3.75. The summed E-state index contributed by atoms with van der Waals surface area (Å²) >= 11 is 0. The van der Waals surface area contributed by atoms with E-state index in [1.807, 2.05) is 12.1 Å². The molecule has 8 nitrogen and oxygen atoms in total. The normalized spacial score (nSPS) is 10.5. The first kappa shape index (κ1) is 23.7. The fourth-order valence-electron chi connectivity index (χ4n) is 2.74. The molecule has 0 aliphatic rings. The minimum atomic E-state index is -0.537. The summed E-state index contributed by atoms with van der Waals surface area (Å²) < 4.78 is 16.3. The van der Waals surface area contributed by atoms with Crippen LogP contribution in [0.25, 0.3) is 0 Å². The van der Waals surface area contributed by atoms with Crippen LogP contribution in [0.5, 0.6) is 17.2 Å². The Bertz CT molecular complexity index is 899. The van der Waals surface area contributed by atoms with Gasteiger partial charge in [0.15, 0.2) is 11.5 Å². The van der Waals surface area contributed by atoms with E-state index in [-0.39, 0.29) is 6.42 Å². The minimum absolute atomic E-state index is 0.368. The van der Waals surface area contributed by atoms with Crippen molar-refractivity contribution < 1.29 is 23.8 Å². The molecular formula is C23H29N3O5. The van der Waals surface area contributed by atoms with E-state index in [1.54, 1.807) is 37.4 Å². The number of hydrazone groups is 1. The van der Waals surface area contributed by atoms with Gasteiger partial charge in [0.05, 0.1) is 27.0 Å². The van der Waals surface area contributed by atoms with Gasteiger partial charge in [-0.3, -0.25) is 9.59 Å². The Kier molecular flexibility index (Phi) is 9.87. The van der Waals surface area contributed by atoms with Crippen molar-refractivity contribution >= 4 is 23.7 Å². The molecule has 0 saturated carbocycles. The molecular weight excluding hydrogens is 398 g/mol. The number of methoxy groups -OCH3 is 2. The Balaban J connectivity index is 1.91. The number of carbonyl (C=O) groups excluding carboxylic acids is 2. The largest absolute Gasteiger partial charge is 0.497 e. The molecule has 0 heterocycles. The van der Waals surface area contributed by atoms with E-state index in [4.69, 9.17) is 14.2 Å². The van der Waals surface area contributed by atoms with E-state index >= 15 is 0 Å². The van der Waals surface area contributed by atoms with Crippen molar-refractivity contribution in [1.29, 1.82) is 0 Å². The van der Waals surface area contributed by atoms with Crippen LogP contribution in [0.15, 0.2) is 47.6 Å². The molecule has 166 valence electrons. The first-order chi connectivity index (χ1) is 15.1. The van der Waals surface area contributed by atoms with Gasteiger partial charge in [0, 0.05) is 17.3 Å². The van der Waals surface area contributed by atoms with E-state index in [1.165, 1.54) is 13.3 Å². The van der Waals surface area contributed by atoms with Crippen molar-refractivity contribution in [1.82, 2.24) is 5.43 Å². The number of rotatable bonds is 12. The van der Waals surface area contributed by atoms with Gasteiger partial charge in [-0.15, -0.1) is 0 Å². The molecule has 0 aromatic heterocycles. The summed E-state index contributed by atoms with van der Waals surface area (Å²) in [6.07, 6.45) is 4.21. The summed E-state index contributed by atoms with van der Waals surface area (Å²) in [5.74, 6) is 0.768. The van der Waals surface area contributed by atoms with Gasteiger partial charge in [-0.25, -0.2) is 5.43 Å². The zero-order valence-electron chi connectivity index (χ0n) is 18.1. The Labute approximate surface area is 182 Å². The third kappa shape index (κ3) is 8.00. The Morgan fingerprint density at radius 1 is 1.03 bits per heavy atom. The van der Waals surface area contributed by atoms with E-state index < -0.39 is 11.8 Å². The highest BCUT2D eigenvalue weighted by molar-refractivity contribution is 6.03. The summed E-state index contributed by atoms with van der Waals surface area (Å²) in [6.45, 7) is 2.69. The number of nitrogens with one attached hydrogen (secondary N) is 2. The van der Waals surface area contributed by atoms with Gasteiger partial charge in [0.1, 0.15) is 12.2 Å². The van der Waals surface area contributed by atoms with Crippen LogP contribution in [-0.2, 0) is 9.59 Å². The van der Waals surface area contributed by atoms with Gasteiger partial charge >= 0.3 is 0 Å². The lowest BCUT2D eigenvalue weighted by atomic mass is 10.2. The van der Waals surface area contributed by atoms with E-state index in [9.17, 15) is 9.59 Å². The number of ether oxygens (including phenoxy) is 3. The lowest BCUT2D eigenvalue weighted by Gasteiger charge is -2.13. The highest BCUT2D eigenvalue weighted by Gasteiger charge is 2.11. The summed E-state index contributed by atoms with van der Waals surface area (Å²) in [6, 6.07) is 12.3. The fraction of sp³-hybridized carbons (Fsp3) is 0.348. The maximum Gasteiger partial charge on any atom is 0.249 e. The fourth-order valence-corrected chi connectivity index (χ4v) is 2.74. The van der Waals surface area contributed by atoms with Crippen LogP contribution in [0.3, 0.4) is 0 Å². The summed E-state index contributed by atoms with van der Waals surface area (Å²) in [5.41, 5.74) is 3.57. The highest BCUT2D eigenvalue weighted by Crippen LogP contribution is 2.30. The van der Waals surface area contributed by atoms with Crippen LogP contribution in [0.4, 0.5) is 5.69 Å². The zero-order chi connectivity index (χ0) is 22.5. The molecule has 2 amide bonds. The van der Waals surface area contributed by atoms with Crippen LogP contribution in [-0.4, -0.2) is 38.9 Å². The topological polar surface area (TPSA) is 98.2 Å². The Morgan fingerprint density at radius 3 is 2.58 bits per heavy atom. The number of carbonyl (C=O) groups is 2. The van der Waals surface area contributed by atoms with Crippen molar-refractivity contribution in [2.24, 2.45) is 5.10 Å². The molecule has 0 aliphatic heterocycles. The number of unbranched alkanes of at least 4 members (excludes halogenated alkanes) is 2. The van der Waals surface area contributed by atoms with E-state index in [2.05, 4.69) is 22.8 Å². The molecule has 0 saturated heterocycles. The molecule has 0 bridgehead atoms. The second-order valence-corrected chi connectivity index (χ2v) is 6.68. The van der Waals surface area contributed by atoms with Crippen LogP contribution in [0.2, 0.25) is 0 Å². The first-order valence-electron chi connectivity index (χ1n) is 10.1. The quantitative estimate of drug-likeness (QED) is 0.233. The molecule has 2 N–H and O–H groups in total. The average Bonchev–Trinajstić information content (AvgIpc) is 2.77.